The SMILES string of the molecule is COCCOc1ccc(-n2nc(C)c(C(=O)NCCCC(=O)O)n2)cc1. The Labute approximate surface area is 150 Å². The van der Waals surface area contributed by atoms with Crippen molar-refractivity contribution in [2.24, 2.45) is 0 Å². The number of ether oxygens (including phenoxy) is 2. The average molecular weight is 362 g/mol. The highest BCUT2D eigenvalue weighted by Gasteiger charge is 2.16. The topological polar surface area (TPSA) is 116 Å². The van der Waals surface area contributed by atoms with Gasteiger partial charge in [-0.25, -0.2) is 0 Å². The summed E-state index contributed by atoms with van der Waals surface area (Å²) in [5, 5.41) is 19.7. The Kier molecular flexibility index (Phi) is 7.10. The normalized spacial score (nSPS) is 10.5. The maximum absolute atomic E-state index is 12.1. The van der Waals surface area contributed by atoms with Crippen molar-refractivity contribution >= 4 is 11.9 Å². The van der Waals surface area contributed by atoms with Crippen molar-refractivity contribution < 1.29 is 24.2 Å². The van der Waals surface area contributed by atoms with Crippen LogP contribution in [0.3, 0.4) is 0 Å². The maximum Gasteiger partial charge on any atom is 0.303 e. The predicted molar refractivity (Wildman–Crippen MR) is 92.7 cm³/mol. The zero-order valence-electron chi connectivity index (χ0n) is 14.8. The molecule has 9 heteroatoms. The Balaban J connectivity index is 1.98. The molecule has 9 nitrogen and oxygen atoms in total. The largest absolute Gasteiger partial charge is 0.491 e. The van der Waals surface area contributed by atoms with E-state index < -0.39 is 5.97 Å². The number of aryl methyl sites for hydroxylation is 1. The molecule has 2 rings (SSSR count). The lowest BCUT2D eigenvalue weighted by Gasteiger charge is -2.06. The van der Waals surface area contributed by atoms with Crippen LogP contribution in [0.15, 0.2) is 24.3 Å². The summed E-state index contributed by atoms with van der Waals surface area (Å²) in [4.78, 5) is 24.0. The Hall–Kier alpha value is -2.94. The van der Waals surface area contributed by atoms with Crippen LogP contribution in [-0.2, 0) is 9.53 Å². The zero-order chi connectivity index (χ0) is 18.9. The number of aliphatic carboxylic acids is 1. The van der Waals surface area contributed by atoms with E-state index in [-0.39, 0.29) is 24.6 Å². The molecule has 2 N–H and O–H groups in total. The summed E-state index contributed by atoms with van der Waals surface area (Å²) in [6, 6.07) is 7.15. The van der Waals surface area contributed by atoms with Crippen molar-refractivity contribution in [1.82, 2.24) is 20.3 Å². The minimum atomic E-state index is -0.893. The molecule has 0 aliphatic carbocycles. The van der Waals surface area contributed by atoms with E-state index in [0.29, 0.717) is 36.8 Å². The number of hydrogen-bond donors (Lipinski definition) is 2. The first-order valence-electron chi connectivity index (χ1n) is 8.17. The number of aromatic nitrogens is 3. The lowest BCUT2D eigenvalue weighted by molar-refractivity contribution is -0.137. The fourth-order valence-corrected chi connectivity index (χ4v) is 2.15. The molecule has 140 valence electrons. The van der Waals surface area contributed by atoms with Crippen LogP contribution in [0.25, 0.3) is 5.69 Å². The van der Waals surface area contributed by atoms with Crippen molar-refractivity contribution in [3.8, 4) is 11.4 Å². The molecular formula is C17H22N4O5. The molecule has 1 amide bonds. The summed E-state index contributed by atoms with van der Waals surface area (Å²) in [5.41, 5.74) is 1.39. The first-order valence-corrected chi connectivity index (χ1v) is 8.17. The van der Waals surface area contributed by atoms with Gasteiger partial charge in [-0.2, -0.15) is 9.90 Å². The van der Waals surface area contributed by atoms with Crippen molar-refractivity contribution in [3.05, 3.63) is 35.7 Å². The fourth-order valence-electron chi connectivity index (χ4n) is 2.15. The number of nitrogens with zero attached hydrogens (tertiary/aromatic N) is 3. The molecular weight excluding hydrogens is 340 g/mol. The van der Waals surface area contributed by atoms with Crippen LogP contribution >= 0.6 is 0 Å². The van der Waals surface area contributed by atoms with E-state index in [4.69, 9.17) is 14.6 Å². The standard InChI is InChI=1S/C17H22N4O5/c1-12-16(17(24)18-9-3-4-15(22)23)20-21(19-12)13-5-7-14(8-6-13)26-11-10-25-2/h5-8H,3-4,9-11H2,1-2H3,(H,18,24)(H,22,23). The zero-order valence-corrected chi connectivity index (χ0v) is 14.8. The smallest absolute Gasteiger partial charge is 0.303 e. The van der Waals surface area contributed by atoms with E-state index in [0.717, 1.165) is 0 Å². The maximum atomic E-state index is 12.1. The van der Waals surface area contributed by atoms with E-state index >= 15 is 0 Å². The molecule has 26 heavy (non-hydrogen) atoms. The van der Waals surface area contributed by atoms with Crippen LogP contribution in [0, 0.1) is 6.92 Å². The van der Waals surface area contributed by atoms with Crippen LogP contribution in [0.2, 0.25) is 0 Å². The third-order valence-electron chi connectivity index (χ3n) is 3.47. The van der Waals surface area contributed by atoms with Gasteiger partial charge in [0.15, 0.2) is 5.69 Å². The average Bonchev–Trinajstić information content (AvgIpc) is 3.01. The minimum absolute atomic E-state index is 0.00472. The van der Waals surface area contributed by atoms with Gasteiger partial charge >= 0.3 is 5.97 Å². The molecule has 1 aromatic heterocycles. The van der Waals surface area contributed by atoms with E-state index in [1.807, 2.05) is 0 Å². The summed E-state index contributed by atoms with van der Waals surface area (Å²) in [7, 11) is 1.61. The summed E-state index contributed by atoms with van der Waals surface area (Å²) in [6.45, 7) is 2.93. The first kappa shape index (κ1) is 19.4. The van der Waals surface area contributed by atoms with Gasteiger partial charge < -0.3 is 19.9 Å². The van der Waals surface area contributed by atoms with Crippen LogP contribution in [0.4, 0.5) is 0 Å². The third-order valence-corrected chi connectivity index (χ3v) is 3.47. The summed E-state index contributed by atoms with van der Waals surface area (Å²) >= 11 is 0. The molecule has 0 bridgehead atoms. The van der Waals surface area contributed by atoms with Crippen molar-refractivity contribution in [2.75, 3.05) is 26.9 Å². The highest BCUT2D eigenvalue weighted by Crippen LogP contribution is 2.15. The molecule has 0 unspecified atom stereocenters. The second-order valence-electron chi connectivity index (χ2n) is 5.51. The molecule has 0 fully saturated rings. The number of amides is 1. The summed E-state index contributed by atoms with van der Waals surface area (Å²) < 4.78 is 10.4. The molecule has 0 radical (unpaired) electrons. The highest BCUT2D eigenvalue weighted by molar-refractivity contribution is 5.93. The predicted octanol–water partition coefficient (Wildman–Crippen LogP) is 1.20. The molecule has 2 aromatic rings. The van der Waals surface area contributed by atoms with Gasteiger partial charge in [0.1, 0.15) is 12.4 Å². The Morgan fingerprint density at radius 1 is 1.19 bits per heavy atom. The van der Waals surface area contributed by atoms with E-state index in [9.17, 15) is 9.59 Å². The molecule has 0 saturated heterocycles. The highest BCUT2D eigenvalue weighted by atomic mass is 16.5. The molecule has 0 aliphatic rings. The number of benzene rings is 1. The Morgan fingerprint density at radius 2 is 1.92 bits per heavy atom. The van der Waals surface area contributed by atoms with Crippen molar-refractivity contribution in [2.45, 2.75) is 19.8 Å². The van der Waals surface area contributed by atoms with Gasteiger partial charge in [0.2, 0.25) is 0 Å². The number of rotatable bonds is 10. The second kappa shape index (κ2) is 9.52. The van der Waals surface area contributed by atoms with Crippen LogP contribution < -0.4 is 10.1 Å². The lowest BCUT2D eigenvalue weighted by atomic mass is 10.3. The second-order valence-corrected chi connectivity index (χ2v) is 5.51. The van der Waals surface area contributed by atoms with Crippen LogP contribution in [-0.4, -0.2) is 58.8 Å². The molecule has 0 atom stereocenters. The molecule has 0 aliphatic heterocycles. The number of hydrogen-bond acceptors (Lipinski definition) is 6. The number of carbonyl (C=O) groups excluding carboxylic acids is 1. The van der Waals surface area contributed by atoms with Gasteiger partial charge in [-0.3, -0.25) is 9.59 Å². The molecule has 0 saturated carbocycles. The van der Waals surface area contributed by atoms with Crippen molar-refractivity contribution in [3.63, 3.8) is 0 Å². The van der Waals surface area contributed by atoms with Gasteiger partial charge in [-0.05, 0) is 37.6 Å². The number of methoxy groups -OCH3 is 1. The van der Waals surface area contributed by atoms with Gasteiger partial charge in [-0.15, -0.1) is 5.10 Å². The summed E-state index contributed by atoms with van der Waals surface area (Å²) in [5.74, 6) is -0.569. The summed E-state index contributed by atoms with van der Waals surface area (Å²) in [6.07, 6.45) is 0.365. The van der Waals surface area contributed by atoms with Gasteiger partial charge in [0, 0.05) is 20.1 Å². The molecule has 1 heterocycles. The van der Waals surface area contributed by atoms with E-state index in [1.54, 1.807) is 38.3 Å². The van der Waals surface area contributed by atoms with E-state index in [1.165, 1.54) is 4.80 Å². The number of carboxylic acids is 1. The first-order chi connectivity index (χ1) is 12.5. The van der Waals surface area contributed by atoms with Gasteiger partial charge in [0.25, 0.3) is 5.91 Å². The quantitative estimate of drug-likeness (QED) is 0.610. The number of carbonyl (C=O) groups is 2. The Morgan fingerprint density at radius 3 is 2.58 bits per heavy atom. The fraction of sp³-hybridized carbons (Fsp3) is 0.412. The number of nitrogens with one attached hydrogen (secondary N) is 1. The van der Waals surface area contributed by atoms with E-state index in [2.05, 4.69) is 15.5 Å². The number of carboxylic acid groups (broad SMARTS) is 1. The monoisotopic (exact) mass is 362 g/mol. The van der Waals surface area contributed by atoms with Gasteiger partial charge in [0.05, 0.1) is 18.0 Å². The Bertz CT molecular complexity index is 742. The van der Waals surface area contributed by atoms with Crippen LogP contribution in [0.5, 0.6) is 5.75 Å². The molecule has 0 spiro atoms. The van der Waals surface area contributed by atoms with Crippen molar-refractivity contribution in [1.29, 1.82) is 0 Å². The lowest BCUT2D eigenvalue weighted by Crippen LogP contribution is -2.26. The third kappa shape index (κ3) is 5.55. The minimum Gasteiger partial charge on any atom is -0.491 e. The van der Waals surface area contributed by atoms with Gasteiger partial charge in [-0.1, -0.05) is 0 Å². The molecule has 1 aromatic carbocycles. The van der Waals surface area contributed by atoms with Crippen LogP contribution in [0.1, 0.15) is 29.0 Å².